The fraction of sp³-hybridized carbons (Fsp3) is 0.348. The molecule has 1 aliphatic rings. The molecular weight excluding hydrogens is 474 g/mol. The van der Waals surface area contributed by atoms with Crippen molar-refractivity contribution >= 4 is 33.4 Å². The van der Waals surface area contributed by atoms with Crippen molar-refractivity contribution in [3.05, 3.63) is 53.6 Å². The molecule has 0 spiro atoms. The maximum Gasteiger partial charge on any atom is 0.243 e. The van der Waals surface area contributed by atoms with Crippen molar-refractivity contribution in [2.24, 2.45) is 7.05 Å². The van der Waals surface area contributed by atoms with Crippen LogP contribution in [0.15, 0.2) is 52.5 Å². The number of para-hydroxylation sites is 1. The summed E-state index contributed by atoms with van der Waals surface area (Å²) in [5, 5.41) is 12.0. The Balaban J connectivity index is 1.42. The number of benzene rings is 2. The molecule has 1 fully saturated rings. The molecule has 1 amide bonds. The molecule has 0 aliphatic carbocycles. The van der Waals surface area contributed by atoms with Crippen molar-refractivity contribution < 1.29 is 17.9 Å². The number of carbonyl (C=O) groups excluding carboxylic acids is 1. The number of amides is 1. The van der Waals surface area contributed by atoms with Gasteiger partial charge in [0, 0.05) is 31.4 Å². The van der Waals surface area contributed by atoms with Gasteiger partial charge in [-0.2, -0.15) is 4.31 Å². The third kappa shape index (κ3) is 5.17. The molecule has 0 saturated carbocycles. The van der Waals surface area contributed by atoms with Gasteiger partial charge in [0.15, 0.2) is 11.0 Å². The number of ether oxygens (including phenoxy) is 1. The van der Waals surface area contributed by atoms with Crippen LogP contribution < -0.4 is 5.32 Å². The van der Waals surface area contributed by atoms with Crippen LogP contribution in [0.4, 0.5) is 5.69 Å². The molecule has 2 aromatic carbocycles. The van der Waals surface area contributed by atoms with E-state index in [-0.39, 0.29) is 16.6 Å². The van der Waals surface area contributed by atoms with Crippen molar-refractivity contribution in [2.75, 3.05) is 37.4 Å². The Labute approximate surface area is 203 Å². The standard InChI is InChI=1S/C23H27N5O4S2/c1-16-5-4-6-17(2)21(16)24-20(29)15-33-23-26-25-22(27(23)3)18-7-9-19(10-8-18)34(30,31)28-11-13-32-14-12-28/h4-10H,11-15H2,1-3H3,(H,24,29). The summed E-state index contributed by atoms with van der Waals surface area (Å²) < 4.78 is 34.1. The first-order valence-corrected chi connectivity index (χ1v) is 13.3. The fourth-order valence-corrected chi connectivity index (χ4v) is 5.84. The summed E-state index contributed by atoms with van der Waals surface area (Å²) in [5.41, 5.74) is 3.60. The molecule has 0 radical (unpaired) electrons. The number of aromatic nitrogens is 3. The number of sulfonamides is 1. The summed E-state index contributed by atoms with van der Waals surface area (Å²) >= 11 is 1.29. The molecule has 180 valence electrons. The van der Waals surface area contributed by atoms with E-state index in [1.165, 1.54) is 16.1 Å². The highest BCUT2D eigenvalue weighted by Crippen LogP contribution is 2.26. The van der Waals surface area contributed by atoms with Crippen molar-refractivity contribution in [3.8, 4) is 11.4 Å². The molecule has 2 heterocycles. The smallest absolute Gasteiger partial charge is 0.243 e. The second-order valence-electron chi connectivity index (χ2n) is 8.01. The number of rotatable bonds is 7. The Morgan fingerprint density at radius 2 is 1.71 bits per heavy atom. The Kier molecular flexibility index (Phi) is 7.36. The maximum absolute atomic E-state index is 12.8. The highest BCUT2D eigenvalue weighted by molar-refractivity contribution is 7.99. The Morgan fingerprint density at radius 3 is 2.35 bits per heavy atom. The topological polar surface area (TPSA) is 106 Å². The van der Waals surface area contributed by atoms with Crippen LogP contribution in [0.3, 0.4) is 0 Å². The SMILES string of the molecule is Cc1cccc(C)c1NC(=O)CSc1nnc(-c2ccc(S(=O)(=O)N3CCOCC3)cc2)n1C. The highest BCUT2D eigenvalue weighted by atomic mass is 32.2. The Morgan fingerprint density at radius 1 is 1.06 bits per heavy atom. The van der Waals surface area contributed by atoms with Gasteiger partial charge in [0.05, 0.1) is 23.9 Å². The predicted octanol–water partition coefficient (Wildman–Crippen LogP) is 2.85. The van der Waals surface area contributed by atoms with E-state index in [1.807, 2.05) is 39.1 Å². The monoisotopic (exact) mass is 501 g/mol. The number of hydrogen-bond acceptors (Lipinski definition) is 7. The minimum absolute atomic E-state index is 0.121. The van der Waals surface area contributed by atoms with Gasteiger partial charge in [-0.25, -0.2) is 8.42 Å². The lowest BCUT2D eigenvalue weighted by Crippen LogP contribution is -2.40. The van der Waals surface area contributed by atoms with Crippen molar-refractivity contribution in [1.29, 1.82) is 0 Å². The lowest BCUT2D eigenvalue weighted by molar-refractivity contribution is -0.113. The van der Waals surface area contributed by atoms with Gasteiger partial charge >= 0.3 is 0 Å². The zero-order chi connectivity index (χ0) is 24.3. The van der Waals surface area contributed by atoms with Crippen LogP contribution in [-0.4, -0.2) is 65.5 Å². The van der Waals surface area contributed by atoms with E-state index in [1.54, 1.807) is 28.8 Å². The van der Waals surface area contributed by atoms with Gasteiger partial charge in [0.2, 0.25) is 15.9 Å². The molecule has 11 heteroatoms. The molecule has 1 saturated heterocycles. The zero-order valence-corrected chi connectivity index (χ0v) is 20.9. The largest absolute Gasteiger partial charge is 0.379 e. The maximum atomic E-state index is 12.8. The highest BCUT2D eigenvalue weighted by Gasteiger charge is 2.26. The van der Waals surface area contributed by atoms with Crippen LogP contribution in [-0.2, 0) is 26.6 Å². The molecule has 34 heavy (non-hydrogen) atoms. The van der Waals surface area contributed by atoms with Crippen LogP contribution in [0.2, 0.25) is 0 Å². The third-order valence-corrected chi connectivity index (χ3v) is 8.57. The van der Waals surface area contributed by atoms with E-state index in [2.05, 4.69) is 15.5 Å². The number of nitrogens with zero attached hydrogens (tertiary/aromatic N) is 4. The van der Waals surface area contributed by atoms with Gasteiger partial charge < -0.3 is 14.6 Å². The van der Waals surface area contributed by atoms with Gasteiger partial charge in [0.25, 0.3) is 0 Å². The van der Waals surface area contributed by atoms with Gasteiger partial charge in [-0.3, -0.25) is 4.79 Å². The van der Waals surface area contributed by atoms with E-state index < -0.39 is 10.0 Å². The summed E-state index contributed by atoms with van der Waals surface area (Å²) in [6.07, 6.45) is 0. The molecule has 0 bridgehead atoms. The first kappa shape index (κ1) is 24.4. The number of hydrogen-bond donors (Lipinski definition) is 1. The second-order valence-corrected chi connectivity index (χ2v) is 10.9. The van der Waals surface area contributed by atoms with E-state index >= 15 is 0 Å². The lowest BCUT2D eigenvalue weighted by Gasteiger charge is -2.26. The average Bonchev–Trinajstić information content (AvgIpc) is 3.21. The fourth-order valence-electron chi connectivity index (χ4n) is 3.72. The molecule has 0 unspecified atom stereocenters. The molecular formula is C23H27N5O4S2. The molecule has 1 aliphatic heterocycles. The van der Waals surface area contributed by atoms with Crippen molar-refractivity contribution in [3.63, 3.8) is 0 Å². The van der Waals surface area contributed by atoms with Crippen LogP contribution in [0.1, 0.15) is 11.1 Å². The summed E-state index contributed by atoms with van der Waals surface area (Å²) in [5.74, 6) is 0.661. The van der Waals surface area contributed by atoms with Crippen LogP contribution in [0.5, 0.6) is 0 Å². The van der Waals surface area contributed by atoms with Crippen LogP contribution >= 0.6 is 11.8 Å². The van der Waals surface area contributed by atoms with Crippen LogP contribution in [0, 0.1) is 13.8 Å². The summed E-state index contributed by atoms with van der Waals surface area (Å²) in [6.45, 7) is 5.43. The summed E-state index contributed by atoms with van der Waals surface area (Å²) in [6, 6.07) is 12.5. The van der Waals surface area contributed by atoms with Gasteiger partial charge in [0.1, 0.15) is 0 Å². The van der Waals surface area contributed by atoms with E-state index in [0.29, 0.717) is 37.3 Å². The minimum atomic E-state index is -3.55. The van der Waals surface area contributed by atoms with Gasteiger partial charge in [-0.05, 0) is 49.2 Å². The van der Waals surface area contributed by atoms with Crippen molar-refractivity contribution in [2.45, 2.75) is 23.9 Å². The molecule has 1 N–H and O–H groups in total. The van der Waals surface area contributed by atoms with Gasteiger partial charge in [-0.1, -0.05) is 30.0 Å². The molecule has 3 aromatic rings. The van der Waals surface area contributed by atoms with E-state index in [0.717, 1.165) is 22.4 Å². The Hall–Kier alpha value is -2.73. The molecule has 9 nitrogen and oxygen atoms in total. The molecule has 0 atom stereocenters. The number of anilines is 1. The third-order valence-electron chi connectivity index (χ3n) is 5.63. The molecule has 1 aromatic heterocycles. The number of carbonyl (C=O) groups is 1. The van der Waals surface area contributed by atoms with Gasteiger partial charge in [-0.15, -0.1) is 10.2 Å². The Bertz CT molecular complexity index is 1260. The van der Waals surface area contributed by atoms with Crippen LogP contribution in [0.25, 0.3) is 11.4 Å². The average molecular weight is 502 g/mol. The number of aryl methyl sites for hydroxylation is 2. The summed E-state index contributed by atoms with van der Waals surface area (Å²) in [7, 11) is -1.74. The normalized spacial score (nSPS) is 14.8. The van der Waals surface area contributed by atoms with E-state index in [9.17, 15) is 13.2 Å². The second kappa shape index (κ2) is 10.3. The summed E-state index contributed by atoms with van der Waals surface area (Å²) in [4.78, 5) is 12.7. The zero-order valence-electron chi connectivity index (χ0n) is 19.3. The number of thioether (sulfide) groups is 1. The first-order chi connectivity index (χ1) is 16.3. The number of morpholine rings is 1. The van der Waals surface area contributed by atoms with Crippen molar-refractivity contribution in [1.82, 2.24) is 19.1 Å². The minimum Gasteiger partial charge on any atom is -0.379 e. The first-order valence-electron chi connectivity index (χ1n) is 10.8. The van der Waals surface area contributed by atoms with E-state index in [4.69, 9.17) is 4.74 Å². The molecule has 4 rings (SSSR count). The number of nitrogens with one attached hydrogen (secondary N) is 1. The quantitative estimate of drug-likeness (QED) is 0.496. The predicted molar refractivity (Wildman–Crippen MR) is 131 cm³/mol. The lowest BCUT2D eigenvalue weighted by atomic mass is 10.1.